The Morgan fingerprint density at radius 3 is 1.33 bits per heavy atom. The molecule has 0 amide bonds. The van der Waals surface area contributed by atoms with Crippen molar-refractivity contribution >= 4 is 5.69 Å². The van der Waals surface area contributed by atoms with Gasteiger partial charge in [0.2, 0.25) is 0 Å². The topological polar surface area (TPSA) is 119 Å². The van der Waals surface area contributed by atoms with Crippen LogP contribution in [-0.4, -0.2) is 88.7 Å². The van der Waals surface area contributed by atoms with Crippen molar-refractivity contribution in [3.63, 3.8) is 0 Å². The first-order valence-electron chi connectivity index (χ1n) is 14.4. The second-order valence-corrected chi connectivity index (χ2v) is 10.0. The predicted molar refractivity (Wildman–Crippen MR) is 174 cm³/mol. The van der Waals surface area contributed by atoms with Crippen LogP contribution in [0.15, 0.2) is 92.3 Å². The van der Waals surface area contributed by atoms with Gasteiger partial charge in [0.05, 0.1) is 24.6 Å². The zero-order chi connectivity index (χ0) is 32.0. The van der Waals surface area contributed by atoms with Crippen molar-refractivity contribution in [2.24, 2.45) is 28.2 Å². The van der Waals surface area contributed by atoms with Gasteiger partial charge in [0.15, 0.2) is 23.3 Å². The number of pyridine rings is 2. The second kappa shape index (κ2) is 18.5. The fourth-order valence-electron chi connectivity index (χ4n) is 4.37. The van der Waals surface area contributed by atoms with Crippen LogP contribution in [0.1, 0.15) is 0 Å². The van der Waals surface area contributed by atoms with Crippen LogP contribution in [0.4, 0.5) is 5.69 Å². The van der Waals surface area contributed by atoms with Gasteiger partial charge in [-0.15, -0.1) is 0 Å². The summed E-state index contributed by atoms with van der Waals surface area (Å²) >= 11 is 0. The van der Waals surface area contributed by atoms with Crippen LogP contribution in [0.2, 0.25) is 0 Å². The van der Waals surface area contributed by atoms with Gasteiger partial charge in [-0.3, -0.25) is 9.97 Å². The van der Waals surface area contributed by atoms with Crippen molar-refractivity contribution in [3.05, 3.63) is 92.3 Å². The third-order valence-corrected chi connectivity index (χ3v) is 6.85. The van der Waals surface area contributed by atoms with Crippen LogP contribution < -0.4 is 4.90 Å². The molecule has 0 unspecified atom stereocenters. The van der Waals surface area contributed by atoms with Crippen LogP contribution in [0, 0.1) is 0 Å². The van der Waals surface area contributed by atoms with Crippen LogP contribution in [0.5, 0.6) is 0 Å². The van der Waals surface area contributed by atoms with E-state index in [-0.39, 0.29) is 19.8 Å². The molecule has 13 nitrogen and oxygen atoms in total. The second-order valence-electron chi connectivity index (χ2n) is 10.0. The van der Waals surface area contributed by atoms with E-state index >= 15 is 0 Å². The maximum atomic E-state index is 5.18. The largest absolute Gasteiger partial charge is 0.383 e. The Balaban J connectivity index is 0.000000197. The molecule has 46 heavy (non-hydrogen) atoms. The quantitative estimate of drug-likeness (QED) is 0.204. The average molecular weight is 802 g/mol. The number of imidazole rings is 4. The molecule has 0 fully saturated rings. The van der Waals surface area contributed by atoms with Crippen LogP contribution in [0.3, 0.4) is 0 Å². The van der Waals surface area contributed by atoms with Gasteiger partial charge < -0.3 is 32.6 Å². The summed E-state index contributed by atoms with van der Waals surface area (Å²) in [4.78, 5) is 27.8. The smallest absolute Gasteiger partial charge is 0.176 e. The number of anilines is 1. The minimum Gasteiger partial charge on any atom is -0.383 e. The third kappa shape index (κ3) is 9.75. The van der Waals surface area contributed by atoms with Crippen LogP contribution in [-0.2, 0) is 57.5 Å². The molecule has 0 spiro atoms. The number of hydrogen-bond acceptors (Lipinski definition) is 9. The molecular weight excluding hydrogens is 761 g/mol. The van der Waals surface area contributed by atoms with E-state index in [9.17, 15) is 0 Å². The normalized spacial score (nSPS) is 10.3. The molecule has 0 aliphatic carbocycles. The van der Waals surface area contributed by atoms with E-state index in [0.29, 0.717) is 13.2 Å². The first kappa shape index (κ1) is 36.0. The summed E-state index contributed by atoms with van der Waals surface area (Å²) < 4.78 is 18.1. The molecule has 0 radical (unpaired) electrons. The molecule has 0 atom stereocenters. The van der Waals surface area contributed by atoms with E-state index in [1.165, 1.54) is 0 Å². The summed E-state index contributed by atoms with van der Waals surface area (Å²) in [6.45, 7) is 2.97. The van der Waals surface area contributed by atoms with Gasteiger partial charge in [0, 0.05) is 143 Å². The Morgan fingerprint density at radius 1 is 0.543 bits per heavy atom. The number of rotatable bonds is 10. The van der Waals surface area contributed by atoms with E-state index in [0.717, 1.165) is 53.5 Å². The number of ether oxygens (including phenoxy) is 2. The summed E-state index contributed by atoms with van der Waals surface area (Å²) in [6, 6.07) is 9.87. The van der Waals surface area contributed by atoms with Gasteiger partial charge in [-0.2, -0.15) is 0 Å². The summed E-state index contributed by atoms with van der Waals surface area (Å²) in [5, 5.41) is 0. The molecule has 6 rings (SSSR count). The van der Waals surface area contributed by atoms with Crippen LogP contribution >= 0.6 is 0 Å². The van der Waals surface area contributed by atoms with E-state index in [1.807, 2.05) is 108 Å². The Hall–Kier alpha value is -4.50. The monoisotopic (exact) mass is 803 g/mol. The average Bonchev–Trinajstić information content (AvgIpc) is 3.88. The first-order chi connectivity index (χ1) is 21.9. The van der Waals surface area contributed by atoms with Crippen molar-refractivity contribution < 1.29 is 29.3 Å². The van der Waals surface area contributed by atoms with Crippen molar-refractivity contribution in [1.82, 2.24) is 48.2 Å². The molecule has 6 heterocycles. The molecular formula is C32H41N11O2Os. The van der Waals surface area contributed by atoms with E-state index in [1.54, 1.807) is 45.2 Å². The van der Waals surface area contributed by atoms with E-state index in [2.05, 4.69) is 34.8 Å². The number of aromatic nitrogens is 10. The molecule has 0 N–H and O–H groups in total. The maximum Gasteiger partial charge on any atom is 0.176 e. The fourth-order valence-corrected chi connectivity index (χ4v) is 4.37. The minimum absolute atomic E-state index is 0. The van der Waals surface area contributed by atoms with Gasteiger partial charge in [-0.05, 0) is 24.3 Å². The predicted octanol–water partition coefficient (Wildman–Crippen LogP) is 3.88. The molecule has 6 aromatic heterocycles. The summed E-state index contributed by atoms with van der Waals surface area (Å²) in [7, 11) is 11.2. The number of nitrogens with zero attached hydrogens (tertiary/aromatic N) is 11. The standard InChI is InChI=1S/C16H21N3O2.2C8H10N4.Os/c1-20-11-9-19(10-12-21-2)14-6-8-18-16(13-14)15-5-3-4-7-17-15;2*1-11-5-3-9-7(11)8-10-4-6-12(8)2;/h3-8,13H,9-12H2,1-2H3;2*3-6H,1-2H3;. The molecule has 6 aromatic rings. The van der Waals surface area contributed by atoms with Gasteiger partial charge in [-0.1, -0.05) is 6.07 Å². The SMILES string of the molecule is COCCN(CCOC)c1ccnc(-c2ccccn2)c1.Cn1ccnc1-c1nccn1C.Cn1ccnc1-c1nccn1C.[Os]. The Kier molecular flexibility index (Phi) is 14.4. The Bertz CT molecular complexity index is 1550. The minimum atomic E-state index is 0. The molecule has 0 aliphatic heterocycles. The number of hydrogen-bond donors (Lipinski definition) is 0. The summed E-state index contributed by atoms with van der Waals surface area (Å²) in [6.07, 6.45) is 18.3. The van der Waals surface area contributed by atoms with Crippen molar-refractivity contribution in [2.45, 2.75) is 0 Å². The molecule has 0 aromatic carbocycles. The number of methoxy groups -OCH3 is 2. The van der Waals surface area contributed by atoms with E-state index in [4.69, 9.17) is 9.47 Å². The molecule has 14 heteroatoms. The molecule has 0 saturated heterocycles. The van der Waals surface area contributed by atoms with Crippen molar-refractivity contribution in [2.75, 3.05) is 45.4 Å². The third-order valence-electron chi connectivity index (χ3n) is 6.85. The molecule has 244 valence electrons. The molecule has 0 bridgehead atoms. The maximum absolute atomic E-state index is 5.18. The van der Waals surface area contributed by atoms with Crippen molar-refractivity contribution in [1.29, 1.82) is 0 Å². The number of aryl methyl sites for hydroxylation is 4. The Morgan fingerprint density at radius 2 is 0.978 bits per heavy atom. The van der Waals surface area contributed by atoms with E-state index < -0.39 is 0 Å². The van der Waals surface area contributed by atoms with Crippen LogP contribution in [0.25, 0.3) is 34.7 Å². The molecule has 0 saturated carbocycles. The van der Waals surface area contributed by atoms with Crippen molar-refractivity contribution in [3.8, 4) is 34.7 Å². The first-order valence-corrected chi connectivity index (χ1v) is 14.4. The fraction of sp³-hybridized carbons (Fsp3) is 0.312. The zero-order valence-corrected chi connectivity index (χ0v) is 29.6. The zero-order valence-electron chi connectivity index (χ0n) is 27.1. The summed E-state index contributed by atoms with van der Waals surface area (Å²) in [5.41, 5.74) is 2.84. The Labute approximate surface area is 283 Å². The molecule has 0 aliphatic rings. The summed E-state index contributed by atoms with van der Waals surface area (Å²) in [5.74, 6) is 3.56. The van der Waals surface area contributed by atoms with Gasteiger partial charge in [0.25, 0.3) is 0 Å². The van der Waals surface area contributed by atoms with Gasteiger partial charge in [0.1, 0.15) is 0 Å². The van der Waals surface area contributed by atoms with Gasteiger partial charge in [-0.25, -0.2) is 19.9 Å². The van der Waals surface area contributed by atoms with Gasteiger partial charge >= 0.3 is 0 Å².